The predicted molar refractivity (Wildman–Crippen MR) is 117 cm³/mol. The zero-order chi connectivity index (χ0) is 20.8. The van der Waals surface area contributed by atoms with E-state index in [-0.39, 0.29) is 5.92 Å². The largest absolute Gasteiger partial charge is 0.497 e. The fraction of sp³-hybridized carbons (Fsp3) is 0.333. The molecule has 0 saturated carbocycles. The van der Waals surface area contributed by atoms with E-state index in [0.29, 0.717) is 24.7 Å². The highest BCUT2D eigenvalue weighted by atomic mass is 16.5. The number of ketones is 1. The van der Waals surface area contributed by atoms with E-state index in [2.05, 4.69) is 27.2 Å². The maximum atomic E-state index is 12.8. The molecule has 1 atom stereocenters. The number of carbonyl (C=O) groups is 1. The number of hydrogen-bond acceptors (Lipinski definition) is 6. The lowest BCUT2D eigenvalue weighted by molar-refractivity contribution is -0.123. The van der Waals surface area contributed by atoms with Gasteiger partial charge in [-0.3, -0.25) is 4.79 Å². The first-order valence-electron chi connectivity index (χ1n) is 10.4. The van der Waals surface area contributed by atoms with Gasteiger partial charge in [0.2, 0.25) is 5.95 Å². The Hall–Kier alpha value is -3.28. The molecule has 154 valence electrons. The summed E-state index contributed by atoms with van der Waals surface area (Å²) in [6.45, 7) is 1.50. The molecule has 1 fully saturated rings. The van der Waals surface area contributed by atoms with Gasteiger partial charge in [0.05, 0.1) is 19.0 Å². The van der Waals surface area contributed by atoms with Crippen LogP contribution in [0.2, 0.25) is 0 Å². The Morgan fingerprint density at radius 1 is 1.13 bits per heavy atom. The second kappa shape index (κ2) is 9.48. The van der Waals surface area contributed by atoms with Gasteiger partial charge in [-0.1, -0.05) is 30.3 Å². The summed E-state index contributed by atoms with van der Waals surface area (Å²) in [5.74, 6) is 1.73. The van der Waals surface area contributed by atoms with Crippen LogP contribution < -0.4 is 9.64 Å². The monoisotopic (exact) mass is 402 g/mol. The first kappa shape index (κ1) is 20.0. The van der Waals surface area contributed by atoms with Crippen molar-refractivity contribution < 1.29 is 9.53 Å². The van der Waals surface area contributed by atoms with Gasteiger partial charge in [0.25, 0.3) is 0 Å². The van der Waals surface area contributed by atoms with Crippen molar-refractivity contribution in [3.63, 3.8) is 0 Å². The summed E-state index contributed by atoms with van der Waals surface area (Å²) in [7, 11) is 1.65. The Kier molecular flexibility index (Phi) is 6.32. The third kappa shape index (κ3) is 4.82. The highest BCUT2D eigenvalue weighted by molar-refractivity contribution is 5.82. The Labute approximate surface area is 176 Å². The van der Waals surface area contributed by atoms with Crippen molar-refractivity contribution in [3.8, 4) is 17.0 Å². The van der Waals surface area contributed by atoms with Gasteiger partial charge in [0, 0.05) is 31.0 Å². The lowest BCUT2D eigenvalue weighted by Crippen LogP contribution is -2.40. The van der Waals surface area contributed by atoms with Crippen molar-refractivity contribution in [1.29, 1.82) is 0 Å². The van der Waals surface area contributed by atoms with Crippen LogP contribution in [-0.4, -0.2) is 41.2 Å². The van der Waals surface area contributed by atoms with Crippen LogP contribution in [-0.2, 0) is 11.2 Å². The number of nitrogens with zero attached hydrogens (tertiary/aromatic N) is 4. The van der Waals surface area contributed by atoms with Crippen molar-refractivity contribution in [2.24, 2.45) is 5.92 Å². The number of anilines is 1. The number of rotatable bonds is 7. The maximum absolute atomic E-state index is 12.8. The molecule has 0 spiro atoms. The standard InChI is InChI=1S/C24H26N4O2/c1-30-21-12-10-19(11-13-21)22-16-25-27-24(26-22)28-15-5-8-20(17-28)23(29)14-9-18-6-3-2-4-7-18/h2-4,6-7,10-13,16,20H,5,8-9,14-15,17H2,1H3. The average Bonchev–Trinajstić information content (AvgIpc) is 2.83. The van der Waals surface area contributed by atoms with Gasteiger partial charge in [0.1, 0.15) is 11.5 Å². The third-order valence-electron chi connectivity index (χ3n) is 5.60. The van der Waals surface area contributed by atoms with Crippen LogP contribution in [0.25, 0.3) is 11.3 Å². The van der Waals surface area contributed by atoms with Gasteiger partial charge in [-0.15, -0.1) is 5.10 Å². The molecule has 6 nitrogen and oxygen atoms in total. The van der Waals surface area contributed by atoms with Crippen LogP contribution in [0.4, 0.5) is 5.95 Å². The van der Waals surface area contributed by atoms with Crippen LogP contribution in [0.5, 0.6) is 5.75 Å². The van der Waals surface area contributed by atoms with Gasteiger partial charge >= 0.3 is 0 Å². The number of piperidine rings is 1. The van der Waals surface area contributed by atoms with Crippen LogP contribution in [0.1, 0.15) is 24.8 Å². The minimum absolute atomic E-state index is 0.0238. The third-order valence-corrected chi connectivity index (χ3v) is 5.60. The molecule has 1 aromatic heterocycles. The molecular formula is C24H26N4O2. The molecule has 1 saturated heterocycles. The SMILES string of the molecule is COc1ccc(-c2cnnc(N3CCCC(C(=O)CCc4ccccc4)C3)n2)cc1. The van der Waals surface area contributed by atoms with Crippen molar-refractivity contribution in [3.05, 3.63) is 66.4 Å². The Balaban J connectivity index is 1.42. The number of Topliss-reactive ketones (excluding diaryl/α,β-unsaturated/α-hetero) is 1. The van der Waals surface area contributed by atoms with E-state index in [0.717, 1.165) is 42.8 Å². The van der Waals surface area contributed by atoms with Crippen molar-refractivity contribution in [2.45, 2.75) is 25.7 Å². The maximum Gasteiger partial charge on any atom is 0.245 e. The summed E-state index contributed by atoms with van der Waals surface area (Å²) in [6.07, 6.45) is 4.92. The van der Waals surface area contributed by atoms with E-state index in [9.17, 15) is 4.79 Å². The van der Waals surface area contributed by atoms with Gasteiger partial charge < -0.3 is 9.64 Å². The summed E-state index contributed by atoms with van der Waals surface area (Å²) in [5.41, 5.74) is 2.93. The molecule has 2 heterocycles. The number of hydrogen-bond donors (Lipinski definition) is 0. The Morgan fingerprint density at radius 3 is 2.70 bits per heavy atom. The molecule has 2 aromatic carbocycles. The predicted octanol–water partition coefficient (Wildman–Crippen LogP) is 3.97. The molecule has 4 rings (SSSR count). The lowest BCUT2D eigenvalue weighted by atomic mass is 9.91. The number of aromatic nitrogens is 3. The fourth-order valence-corrected chi connectivity index (χ4v) is 3.87. The summed E-state index contributed by atoms with van der Waals surface area (Å²) in [4.78, 5) is 19.6. The molecular weight excluding hydrogens is 376 g/mol. The Morgan fingerprint density at radius 2 is 1.93 bits per heavy atom. The first-order chi connectivity index (χ1) is 14.7. The van der Waals surface area contributed by atoms with E-state index in [1.807, 2.05) is 42.5 Å². The zero-order valence-electron chi connectivity index (χ0n) is 17.2. The first-order valence-corrected chi connectivity index (χ1v) is 10.4. The normalized spacial score (nSPS) is 16.3. The number of aryl methyl sites for hydroxylation is 1. The molecule has 0 radical (unpaired) electrons. The molecule has 1 unspecified atom stereocenters. The van der Waals surface area contributed by atoms with Gasteiger partial charge in [-0.2, -0.15) is 5.10 Å². The topological polar surface area (TPSA) is 68.2 Å². The fourth-order valence-electron chi connectivity index (χ4n) is 3.87. The summed E-state index contributed by atoms with van der Waals surface area (Å²) in [5, 5.41) is 8.39. The van der Waals surface area contributed by atoms with Gasteiger partial charge in [-0.25, -0.2) is 4.98 Å². The van der Waals surface area contributed by atoms with Crippen LogP contribution >= 0.6 is 0 Å². The molecule has 30 heavy (non-hydrogen) atoms. The van der Waals surface area contributed by atoms with Crippen molar-refractivity contribution in [2.75, 3.05) is 25.1 Å². The minimum Gasteiger partial charge on any atom is -0.497 e. The van der Waals surface area contributed by atoms with Crippen LogP contribution in [0.3, 0.4) is 0 Å². The van der Waals surface area contributed by atoms with E-state index in [1.165, 1.54) is 5.56 Å². The smallest absolute Gasteiger partial charge is 0.245 e. The second-order valence-corrected chi connectivity index (χ2v) is 7.61. The molecule has 1 aliphatic heterocycles. The van der Waals surface area contributed by atoms with Crippen molar-refractivity contribution in [1.82, 2.24) is 15.2 Å². The van der Waals surface area contributed by atoms with E-state index in [1.54, 1.807) is 13.3 Å². The van der Waals surface area contributed by atoms with Crippen molar-refractivity contribution >= 4 is 11.7 Å². The molecule has 3 aromatic rings. The highest BCUT2D eigenvalue weighted by Gasteiger charge is 2.27. The highest BCUT2D eigenvalue weighted by Crippen LogP contribution is 2.25. The number of ether oxygens (including phenoxy) is 1. The summed E-state index contributed by atoms with van der Waals surface area (Å²) >= 11 is 0. The average molecular weight is 402 g/mol. The number of methoxy groups -OCH3 is 1. The lowest BCUT2D eigenvalue weighted by Gasteiger charge is -2.31. The molecule has 0 bridgehead atoms. The summed E-state index contributed by atoms with van der Waals surface area (Å²) in [6, 6.07) is 17.9. The number of carbonyl (C=O) groups excluding carboxylic acids is 1. The number of benzene rings is 2. The van der Waals surface area contributed by atoms with Crippen LogP contribution in [0.15, 0.2) is 60.8 Å². The molecule has 0 N–H and O–H groups in total. The molecule has 1 aliphatic rings. The Bertz CT molecular complexity index is 976. The quantitative estimate of drug-likeness (QED) is 0.596. The van der Waals surface area contributed by atoms with E-state index in [4.69, 9.17) is 9.72 Å². The zero-order valence-corrected chi connectivity index (χ0v) is 17.2. The van der Waals surface area contributed by atoms with Gasteiger partial charge in [-0.05, 0) is 49.1 Å². The molecule has 0 amide bonds. The van der Waals surface area contributed by atoms with Crippen LogP contribution in [0, 0.1) is 5.92 Å². The second-order valence-electron chi connectivity index (χ2n) is 7.61. The molecule has 0 aliphatic carbocycles. The van der Waals surface area contributed by atoms with E-state index < -0.39 is 0 Å². The summed E-state index contributed by atoms with van der Waals surface area (Å²) < 4.78 is 5.22. The van der Waals surface area contributed by atoms with Gasteiger partial charge in [0.15, 0.2) is 0 Å². The molecule has 6 heteroatoms. The minimum atomic E-state index is 0.0238. The van der Waals surface area contributed by atoms with E-state index >= 15 is 0 Å².